The Hall–Kier alpha value is -7.37. The summed E-state index contributed by atoms with van der Waals surface area (Å²) >= 11 is 0. The molecule has 258 valence electrons. The third kappa shape index (κ3) is 5.53. The van der Waals surface area contributed by atoms with Crippen LogP contribution in [0.3, 0.4) is 0 Å². The number of hydrogen-bond acceptors (Lipinski definition) is 5. The predicted molar refractivity (Wildman–Crippen MR) is 220 cm³/mol. The van der Waals surface area contributed by atoms with Crippen LogP contribution in [-0.2, 0) is 5.41 Å². The van der Waals surface area contributed by atoms with Crippen molar-refractivity contribution in [3.05, 3.63) is 223 Å². The zero-order chi connectivity index (χ0) is 36.6. The van der Waals surface area contributed by atoms with E-state index < -0.39 is 5.41 Å². The monoisotopic (exact) mass is 703 g/mol. The predicted octanol–water partition coefficient (Wildman–Crippen LogP) is 11.4. The fourth-order valence-corrected chi connectivity index (χ4v) is 8.18. The van der Waals surface area contributed by atoms with Gasteiger partial charge in [-0.05, 0) is 68.8 Å². The summed E-state index contributed by atoms with van der Waals surface area (Å²) in [7, 11) is 0. The summed E-state index contributed by atoms with van der Waals surface area (Å²) in [6.07, 6.45) is 7.34. The fraction of sp³-hybridized carbons (Fsp3) is 0.0200. The van der Waals surface area contributed by atoms with Crippen LogP contribution >= 0.6 is 0 Å². The first-order valence-corrected chi connectivity index (χ1v) is 18.4. The number of nitrogens with zero attached hydrogens (tertiary/aromatic N) is 5. The maximum Gasteiger partial charge on any atom is 0.164 e. The molecule has 1 aliphatic rings. The second kappa shape index (κ2) is 13.6. The minimum atomic E-state index is -0.542. The lowest BCUT2D eigenvalue weighted by molar-refractivity contribution is 0.768. The fourth-order valence-electron chi connectivity index (χ4n) is 8.18. The SMILES string of the molecule is c1ccc(C2(c3ccccc3)c3ccccc3-c3c(-c4nc(-c5cccc(-c6cccnc6)c5)nc(-c5cccc(-c6cccnc6)c5)n4)cccc32)cc1. The first-order valence-electron chi connectivity index (χ1n) is 18.4. The molecule has 0 bridgehead atoms. The third-order valence-electron chi connectivity index (χ3n) is 10.6. The Morgan fingerprint density at radius 2 is 0.782 bits per heavy atom. The molecule has 9 aromatic rings. The molecule has 0 fully saturated rings. The van der Waals surface area contributed by atoms with Gasteiger partial charge in [-0.15, -0.1) is 0 Å². The average Bonchev–Trinajstić information content (AvgIpc) is 3.59. The van der Waals surface area contributed by atoms with Gasteiger partial charge in [0.15, 0.2) is 17.5 Å². The maximum absolute atomic E-state index is 5.31. The topological polar surface area (TPSA) is 64.5 Å². The Bertz CT molecular complexity index is 2660. The van der Waals surface area contributed by atoms with E-state index in [4.69, 9.17) is 15.0 Å². The van der Waals surface area contributed by atoms with E-state index in [1.807, 2.05) is 36.7 Å². The van der Waals surface area contributed by atoms with Gasteiger partial charge in [0.05, 0.1) is 5.41 Å². The van der Waals surface area contributed by atoms with Gasteiger partial charge < -0.3 is 0 Å². The summed E-state index contributed by atoms with van der Waals surface area (Å²) < 4.78 is 0. The van der Waals surface area contributed by atoms with Crippen LogP contribution < -0.4 is 0 Å². The van der Waals surface area contributed by atoms with Crippen molar-refractivity contribution in [2.75, 3.05) is 0 Å². The van der Waals surface area contributed by atoms with E-state index in [-0.39, 0.29) is 0 Å². The standard InChI is InChI=1S/C50H33N5/c1-3-20-40(21-4-1)50(41-22-5-2-6-23-41)44-26-8-7-24-42(44)46-43(25-11-27-45(46)50)49-54-47(36-16-9-14-34(30-36)38-18-12-28-51-32-38)53-48(55-49)37-17-10-15-35(31-37)39-19-13-29-52-33-39/h1-33H. The molecule has 0 unspecified atom stereocenters. The average molecular weight is 704 g/mol. The molecule has 0 N–H and O–H groups in total. The summed E-state index contributed by atoms with van der Waals surface area (Å²) in [5.74, 6) is 1.81. The second-order valence-corrected chi connectivity index (χ2v) is 13.7. The molecule has 0 aliphatic heterocycles. The van der Waals surface area contributed by atoms with Crippen molar-refractivity contribution in [3.8, 4) is 67.5 Å². The molecule has 3 aromatic heterocycles. The van der Waals surface area contributed by atoms with Gasteiger partial charge in [-0.2, -0.15) is 0 Å². The first kappa shape index (κ1) is 32.3. The van der Waals surface area contributed by atoms with E-state index in [0.29, 0.717) is 17.5 Å². The highest BCUT2D eigenvalue weighted by Gasteiger charge is 2.47. The van der Waals surface area contributed by atoms with Crippen LogP contribution in [0, 0.1) is 0 Å². The van der Waals surface area contributed by atoms with Crippen molar-refractivity contribution >= 4 is 0 Å². The van der Waals surface area contributed by atoms with E-state index in [2.05, 4.69) is 162 Å². The van der Waals surface area contributed by atoms with Crippen molar-refractivity contribution in [2.24, 2.45) is 0 Å². The lowest BCUT2D eigenvalue weighted by Crippen LogP contribution is -2.28. The quantitative estimate of drug-likeness (QED) is 0.165. The van der Waals surface area contributed by atoms with Crippen LogP contribution in [0.25, 0.3) is 67.5 Å². The molecule has 0 saturated heterocycles. The molecule has 0 amide bonds. The van der Waals surface area contributed by atoms with Gasteiger partial charge >= 0.3 is 0 Å². The molecular formula is C50H33N5. The molecule has 5 heteroatoms. The summed E-state index contributed by atoms with van der Waals surface area (Å²) in [5.41, 5.74) is 13.5. The van der Waals surface area contributed by atoms with Crippen molar-refractivity contribution < 1.29 is 0 Å². The van der Waals surface area contributed by atoms with E-state index >= 15 is 0 Å². The minimum Gasteiger partial charge on any atom is -0.264 e. The molecule has 3 heterocycles. The van der Waals surface area contributed by atoms with Gasteiger partial charge in [0, 0.05) is 52.6 Å². The molecule has 6 aromatic carbocycles. The van der Waals surface area contributed by atoms with Gasteiger partial charge in [0.2, 0.25) is 0 Å². The van der Waals surface area contributed by atoms with E-state index in [0.717, 1.165) is 44.5 Å². The summed E-state index contributed by atoms with van der Waals surface area (Å²) in [5, 5.41) is 0. The van der Waals surface area contributed by atoms with Crippen LogP contribution in [0.4, 0.5) is 0 Å². The smallest absolute Gasteiger partial charge is 0.164 e. The van der Waals surface area contributed by atoms with Crippen LogP contribution in [0.1, 0.15) is 22.3 Å². The van der Waals surface area contributed by atoms with Gasteiger partial charge in [0.25, 0.3) is 0 Å². The van der Waals surface area contributed by atoms with Gasteiger partial charge in [-0.1, -0.05) is 152 Å². The van der Waals surface area contributed by atoms with Crippen molar-refractivity contribution in [1.29, 1.82) is 0 Å². The normalized spacial score (nSPS) is 12.5. The van der Waals surface area contributed by atoms with E-state index in [1.165, 1.54) is 27.8 Å². The summed E-state index contributed by atoms with van der Waals surface area (Å²) in [4.78, 5) is 24.5. The van der Waals surface area contributed by atoms with Gasteiger partial charge in [0.1, 0.15) is 0 Å². The lowest BCUT2D eigenvalue weighted by Gasteiger charge is -2.33. The Morgan fingerprint density at radius 1 is 0.327 bits per heavy atom. The second-order valence-electron chi connectivity index (χ2n) is 13.7. The maximum atomic E-state index is 5.31. The number of pyridine rings is 2. The summed E-state index contributed by atoms with van der Waals surface area (Å²) in [6.45, 7) is 0. The summed E-state index contributed by atoms with van der Waals surface area (Å²) in [6, 6.07) is 61.8. The Balaban J connectivity index is 1.23. The van der Waals surface area contributed by atoms with E-state index in [1.54, 1.807) is 12.4 Å². The molecule has 0 saturated carbocycles. The number of hydrogen-bond donors (Lipinski definition) is 0. The number of rotatable bonds is 7. The highest BCUT2D eigenvalue weighted by atomic mass is 15.0. The zero-order valence-corrected chi connectivity index (χ0v) is 29.8. The first-order chi connectivity index (χ1) is 27.3. The molecule has 0 radical (unpaired) electrons. The third-order valence-corrected chi connectivity index (χ3v) is 10.6. The molecule has 1 aliphatic carbocycles. The Labute approximate surface area is 319 Å². The molecule has 5 nitrogen and oxygen atoms in total. The molecule has 10 rings (SSSR count). The van der Waals surface area contributed by atoms with Gasteiger partial charge in [-0.3, -0.25) is 9.97 Å². The molecular weight excluding hydrogens is 671 g/mol. The highest BCUT2D eigenvalue weighted by molar-refractivity contribution is 5.94. The number of aromatic nitrogens is 5. The van der Waals surface area contributed by atoms with Gasteiger partial charge in [-0.25, -0.2) is 15.0 Å². The van der Waals surface area contributed by atoms with Crippen LogP contribution in [-0.4, -0.2) is 24.9 Å². The largest absolute Gasteiger partial charge is 0.264 e. The van der Waals surface area contributed by atoms with Crippen LogP contribution in [0.2, 0.25) is 0 Å². The number of benzene rings is 6. The molecule has 55 heavy (non-hydrogen) atoms. The Kier molecular flexibility index (Phi) is 7.96. The van der Waals surface area contributed by atoms with Crippen LogP contribution in [0.5, 0.6) is 0 Å². The lowest BCUT2D eigenvalue weighted by atomic mass is 9.67. The van der Waals surface area contributed by atoms with Crippen molar-refractivity contribution in [3.63, 3.8) is 0 Å². The molecule has 0 atom stereocenters. The van der Waals surface area contributed by atoms with Crippen molar-refractivity contribution in [2.45, 2.75) is 5.41 Å². The van der Waals surface area contributed by atoms with Crippen LogP contribution in [0.15, 0.2) is 201 Å². The van der Waals surface area contributed by atoms with E-state index in [9.17, 15) is 0 Å². The number of fused-ring (bicyclic) bond motifs is 3. The zero-order valence-electron chi connectivity index (χ0n) is 29.8. The minimum absolute atomic E-state index is 0.542. The Morgan fingerprint density at radius 3 is 1.35 bits per heavy atom. The van der Waals surface area contributed by atoms with Crippen molar-refractivity contribution in [1.82, 2.24) is 24.9 Å². The molecule has 0 spiro atoms. The highest BCUT2D eigenvalue weighted by Crippen LogP contribution is 2.58.